The number of benzene rings is 1. The minimum absolute atomic E-state index is 0.206. The summed E-state index contributed by atoms with van der Waals surface area (Å²) in [6.45, 7) is 0. The van der Waals surface area contributed by atoms with Gasteiger partial charge in [-0.25, -0.2) is 0 Å². The predicted octanol–water partition coefficient (Wildman–Crippen LogP) is 3.35. The van der Waals surface area contributed by atoms with E-state index in [0.717, 1.165) is 22.4 Å². The maximum atomic E-state index is 11.7. The Morgan fingerprint density at radius 2 is 2.09 bits per heavy atom. The first-order valence-corrected chi connectivity index (χ1v) is 7.41. The van der Waals surface area contributed by atoms with E-state index in [1.165, 1.54) is 25.5 Å². The number of nitrogens with zero attached hydrogens (tertiary/aromatic N) is 1. The molecule has 0 unspecified atom stereocenters. The zero-order valence-corrected chi connectivity index (χ0v) is 12.8. The lowest BCUT2D eigenvalue weighted by molar-refractivity contribution is -0.139. The molecule has 2 aromatic rings. The van der Waals surface area contributed by atoms with Crippen molar-refractivity contribution >= 4 is 5.97 Å². The van der Waals surface area contributed by atoms with Crippen LogP contribution in [0.4, 0.5) is 0 Å². The molecule has 1 heterocycles. The maximum Gasteiger partial charge on any atom is 0.309 e. The average molecular weight is 297 g/mol. The normalized spacial score (nSPS) is 13.7. The molecule has 3 rings (SSSR count). The van der Waals surface area contributed by atoms with Crippen LogP contribution >= 0.6 is 0 Å². The lowest BCUT2D eigenvalue weighted by Crippen LogP contribution is -2.07. The van der Waals surface area contributed by atoms with Gasteiger partial charge < -0.3 is 9.47 Å². The minimum atomic E-state index is -0.206. The summed E-state index contributed by atoms with van der Waals surface area (Å²) in [7, 11) is 3.06. The summed E-state index contributed by atoms with van der Waals surface area (Å²) in [5.74, 6) is 1.06. The highest BCUT2D eigenvalue weighted by atomic mass is 16.5. The Labute approximate surface area is 130 Å². The molecule has 1 fully saturated rings. The second-order valence-electron chi connectivity index (χ2n) is 5.52. The summed E-state index contributed by atoms with van der Waals surface area (Å²) in [4.78, 5) is 15.9. The first-order chi connectivity index (χ1) is 10.7. The first kappa shape index (κ1) is 14.6. The van der Waals surface area contributed by atoms with E-state index in [4.69, 9.17) is 9.47 Å². The van der Waals surface area contributed by atoms with Crippen LogP contribution < -0.4 is 4.74 Å². The molecular formula is C18H19NO3. The lowest BCUT2D eigenvalue weighted by atomic mass is 9.91. The molecule has 1 aliphatic rings. The van der Waals surface area contributed by atoms with Crippen molar-refractivity contribution in [1.82, 2.24) is 4.98 Å². The van der Waals surface area contributed by atoms with E-state index >= 15 is 0 Å². The number of ether oxygens (including phenoxy) is 2. The van der Waals surface area contributed by atoms with Crippen LogP contribution in [0.2, 0.25) is 0 Å². The van der Waals surface area contributed by atoms with Gasteiger partial charge in [-0.2, -0.15) is 0 Å². The van der Waals surface area contributed by atoms with Gasteiger partial charge in [0.05, 0.1) is 26.8 Å². The average Bonchev–Trinajstić information content (AvgIpc) is 3.39. The molecule has 0 spiro atoms. The fraction of sp³-hybridized carbons (Fsp3) is 0.333. The Hall–Kier alpha value is -2.36. The van der Waals surface area contributed by atoms with Crippen LogP contribution in [-0.2, 0) is 16.0 Å². The number of pyridine rings is 1. The standard InChI is InChI=1S/C18H19NO3/c1-21-15-8-14(10-19-11-15)16-5-3-4-13(9-17(20)22-2)18(16)12-6-7-12/h3-5,8,10-12H,6-7,9H2,1-2H3. The third-order valence-corrected chi connectivity index (χ3v) is 4.00. The Kier molecular flexibility index (Phi) is 4.09. The van der Waals surface area contributed by atoms with Gasteiger partial charge in [0.25, 0.3) is 0 Å². The highest BCUT2D eigenvalue weighted by molar-refractivity contribution is 5.77. The number of esters is 1. The van der Waals surface area contributed by atoms with Gasteiger partial charge in [0.2, 0.25) is 0 Å². The summed E-state index contributed by atoms with van der Waals surface area (Å²) < 4.78 is 10.1. The second-order valence-corrected chi connectivity index (χ2v) is 5.52. The van der Waals surface area contributed by atoms with Crippen molar-refractivity contribution in [3.05, 3.63) is 47.8 Å². The molecule has 1 aromatic carbocycles. The van der Waals surface area contributed by atoms with Crippen LogP contribution in [0.1, 0.15) is 29.9 Å². The molecule has 0 amide bonds. The van der Waals surface area contributed by atoms with Gasteiger partial charge in [-0.1, -0.05) is 18.2 Å². The lowest BCUT2D eigenvalue weighted by Gasteiger charge is -2.14. The number of hydrogen-bond donors (Lipinski definition) is 0. The van der Waals surface area contributed by atoms with Crippen LogP contribution in [0.3, 0.4) is 0 Å². The third kappa shape index (κ3) is 2.96. The van der Waals surface area contributed by atoms with Crippen molar-refractivity contribution in [3.63, 3.8) is 0 Å². The second kappa shape index (κ2) is 6.18. The van der Waals surface area contributed by atoms with E-state index in [9.17, 15) is 4.79 Å². The number of carbonyl (C=O) groups is 1. The molecule has 0 atom stereocenters. The number of hydrogen-bond acceptors (Lipinski definition) is 4. The van der Waals surface area contributed by atoms with E-state index in [2.05, 4.69) is 11.1 Å². The molecular weight excluding hydrogens is 278 g/mol. The van der Waals surface area contributed by atoms with Crippen molar-refractivity contribution in [3.8, 4) is 16.9 Å². The largest absolute Gasteiger partial charge is 0.495 e. The van der Waals surface area contributed by atoms with Gasteiger partial charge in [-0.05, 0) is 41.5 Å². The number of aromatic nitrogens is 1. The van der Waals surface area contributed by atoms with Crippen molar-refractivity contribution in [1.29, 1.82) is 0 Å². The fourth-order valence-electron chi connectivity index (χ4n) is 2.78. The van der Waals surface area contributed by atoms with E-state index in [1.54, 1.807) is 13.3 Å². The topological polar surface area (TPSA) is 48.4 Å². The Morgan fingerprint density at radius 1 is 1.27 bits per heavy atom. The molecule has 0 aliphatic heterocycles. The molecule has 4 nitrogen and oxygen atoms in total. The smallest absolute Gasteiger partial charge is 0.309 e. The first-order valence-electron chi connectivity index (χ1n) is 7.41. The van der Waals surface area contributed by atoms with Gasteiger partial charge in [-0.3, -0.25) is 9.78 Å². The molecule has 1 saturated carbocycles. The molecule has 114 valence electrons. The summed E-state index contributed by atoms with van der Waals surface area (Å²) in [6.07, 6.45) is 6.18. The van der Waals surface area contributed by atoms with E-state index in [1.807, 2.05) is 24.4 Å². The zero-order chi connectivity index (χ0) is 15.5. The quantitative estimate of drug-likeness (QED) is 0.794. The number of methoxy groups -OCH3 is 2. The molecule has 0 radical (unpaired) electrons. The van der Waals surface area contributed by atoms with Gasteiger partial charge in [0.1, 0.15) is 5.75 Å². The summed E-state index contributed by atoms with van der Waals surface area (Å²) >= 11 is 0. The van der Waals surface area contributed by atoms with Crippen LogP contribution in [0.25, 0.3) is 11.1 Å². The molecule has 0 saturated heterocycles. The third-order valence-electron chi connectivity index (χ3n) is 4.00. The number of rotatable bonds is 5. The van der Waals surface area contributed by atoms with Crippen molar-refractivity contribution < 1.29 is 14.3 Å². The van der Waals surface area contributed by atoms with E-state index < -0.39 is 0 Å². The Bertz CT molecular complexity index is 692. The van der Waals surface area contributed by atoms with E-state index in [-0.39, 0.29) is 5.97 Å². The maximum absolute atomic E-state index is 11.7. The SMILES string of the molecule is COC(=O)Cc1cccc(-c2cncc(OC)c2)c1C1CC1. The Balaban J connectivity index is 2.06. The van der Waals surface area contributed by atoms with Gasteiger partial charge in [0, 0.05) is 11.8 Å². The van der Waals surface area contributed by atoms with Crippen molar-refractivity contribution in [2.75, 3.05) is 14.2 Å². The van der Waals surface area contributed by atoms with Gasteiger partial charge >= 0.3 is 5.97 Å². The molecule has 1 aliphatic carbocycles. The molecule has 0 N–H and O–H groups in total. The number of carbonyl (C=O) groups excluding carboxylic acids is 1. The van der Waals surface area contributed by atoms with Gasteiger partial charge in [0.15, 0.2) is 0 Å². The Morgan fingerprint density at radius 3 is 2.77 bits per heavy atom. The van der Waals surface area contributed by atoms with Crippen LogP contribution in [0, 0.1) is 0 Å². The van der Waals surface area contributed by atoms with Gasteiger partial charge in [-0.15, -0.1) is 0 Å². The highest BCUT2D eigenvalue weighted by Gasteiger charge is 2.29. The monoisotopic (exact) mass is 297 g/mol. The van der Waals surface area contributed by atoms with Crippen LogP contribution in [0.5, 0.6) is 5.75 Å². The molecule has 22 heavy (non-hydrogen) atoms. The summed E-state index contributed by atoms with van der Waals surface area (Å²) in [6, 6.07) is 8.07. The van der Waals surface area contributed by atoms with Crippen molar-refractivity contribution in [2.45, 2.75) is 25.2 Å². The molecule has 0 bridgehead atoms. The van der Waals surface area contributed by atoms with Crippen LogP contribution in [-0.4, -0.2) is 25.2 Å². The molecule has 4 heteroatoms. The van der Waals surface area contributed by atoms with Crippen molar-refractivity contribution in [2.24, 2.45) is 0 Å². The van der Waals surface area contributed by atoms with Crippen LogP contribution in [0.15, 0.2) is 36.7 Å². The summed E-state index contributed by atoms with van der Waals surface area (Å²) in [5, 5.41) is 0. The molecule has 1 aromatic heterocycles. The summed E-state index contributed by atoms with van der Waals surface area (Å²) in [5.41, 5.74) is 4.46. The predicted molar refractivity (Wildman–Crippen MR) is 83.9 cm³/mol. The van der Waals surface area contributed by atoms with E-state index in [0.29, 0.717) is 12.3 Å². The minimum Gasteiger partial charge on any atom is -0.495 e. The fourth-order valence-corrected chi connectivity index (χ4v) is 2.78. The highest BCUT2D eigenvalue weighted by Crippen LogP contribution is 2.46. The zero-order valence-electron chi connectivity index (χ0n) is 12.8.